The molecule has 3 rings (SSSR count). The van der Waals surface area contributed by atoms with E-state index in [0.717, 1.165) is 16.3 Å². The number of nitrogens with one attached hydrogen (secondary N) is 1. The summed E-state index contributed by atoms with van der Waals surface area (Å²) in [4.78, 5) is 13.0. The lowest BCUT2D eigenvalue weighted by Gasteiger charge is -2.21. The highest BCUT2D eigenvalue weighted by Gasteiger charge is 2.20. The maximum absolute atomic E-state index is 12.7. The van der Waals surface area contributed by atoms with E-state index in [-0.39, 0.29) is 16.8 Å². The van der Waals surface area contributed by atoms with Gasteiger partial charge in [-0.25, -0.2) is 8.42 Å². The average molecular weight is 412 g/mol. The molecular weight excluding hydrogens is 386 g/mol. The van der Waals surface area contributed by atoms with Gasteiger partial charge >= 0.3 is 0 Å². The van der Waals surface area contributed by atoms with Gasteiger partial charge in [0, 0.05) is 11.6 Å². The number of hydrogen-bond acceptors (Lipinski definition) is 4. The lowest BCUT2D eigenvalue weighted by molar-refractivity contribution is -0.128. The number of sulfone groups is 1. The quantitative estimate of drug-likeness (QED) is 0.630. The van der Waals surface area contributed by atoms with Crippen LogP contribution in [0.1, 0.15) is 31.9 Å². The van der Waals surface area contributed by atoms with Gasteiger partial charge in [-0.3, -0.25) is 4.79 Å². The van der Waals surface area contributed by atoms with Crippen molar-refractivity contribution in [2.75, 3.05) is 6.26 Å². The molecule has 2 unspecified atom stereocenters. The van der Waals surface area contributed by atoms with Gasteiger partial charge in [-0.2, -0.15) is 0 Å². The number of hydrogen-bond donors (Lipinski definition) is 1. The summed E-state index contributed by atoms with van der Waals surface area (Å²) in [6.07, 6.45) is 1.17. The summed E-state index contributed by atoms with van der Waals surface area (Å²) < 4.78 is 29.2. The van der Waals surface area contributed by atoms with Gasteiger partial charge < -0.3 is 10.1 Å². The van der Waals surface area contributed by atoms with Crippen molar-refractivity contribution < 1.29 is 17.9 Å². The molecule has 0 radical (unpaired) electrons. The van der Waals surface area contributed by atoms with Gasteiger partial charge in [0.15, 0.2) is 15.9 Å². The van der Waals surface area contributed by atoms with Crippen LogP contribution in [-0.2, 0) is 14.6 Å². The Kier molecular flexibility index (Phi) is 6.23. The Hall–Kier alpha value is -2.86. The third kappa shape index (κ3) is 4.95. The van der Waals surface area contributed by atoms with E-state index in [4.69, 9.17) is 4.74 Å². The number of carbonyl (C=O) groups excluding carboxylic acids is 1. The zero-order chi connectivity index (χ0) is 21.0. The summed E-state index contributed by atoms with van der Waals surface area (Å²) in [5, 5.41) is 5.00. The molecule has 1 amide bonds. The van der Waals surface area contributed by atoms with Crippen LogP contribution in [0.3, 0.4) is 0 Å². The molecule has 6 heteroatoms. The fraction of sp³-hybridized carbons (Fsp3) is 0.261. The molecule has 29 heavy (non-hydrogen) atoms. The molecule has 0 aliphatic carbocycles. The Morgan fingerprint density at radius 2 is 1.66 bits per heavy atom. The Morgan fingerprint density at radius 1 is 1.00 bits per heavy atom. The minimum absolute atomic E-state index is 0.225. The van der Waals surface area contributed by atoms with Gasteiger partial charge in [0.25, 0.3) is 5.91 Å². The summed E-state index contributed by atoms with van der Waals surface area (Å²) in [6, 6.07) is 20.0. The van der Waals surface area contributed by atoms with Crippen LogP contribution in [0.2, 0.25) is 0 Å². The average Bonchev–Trinajstić information content (AvgIpc) is 2.71. The number of ether oxygens (including phenoxy) is 1. The third-order valence-corrected chi connectivity index (χ3v) is 5.99. The molecule has 0 spiro atoms. The zero-order valence-corrected chi connectivity index (χ0v) is 17.6. The maximum atomic E-state index is 12.7. The Bertz CT molecular complexity index is 1100. The molecule has 0 saturated carbocycles. The van der Waals surface area contributed by atoms with Crippen LogP contribution in [0.25, 0.3) is 10.8 Å². The van der Waals surface area contributed by atoms with Crippen molar-refractivity contribution >= 4 is 26.5 Å². The summed E-state index contributed by atoms with van der Waals surface area (Å²) in [5.74, 6) is 0.438. The van der Waals surface area contributed by atoms with Crippen LogP contribution in [0.4, 0.5) is 0 Å². The molecule has 3 aromatic rings. The normalized spacial score (nSPS) is 13.6. The van der Waals surface area contributed by atoms with Crippen molar-refractivity contribution in [2.45, 2.75) is 37.3 Å². The highest BCUT2D eigenvalue weighted by Crippen LogP contribution is 2.26. The van der Waals surface area contributed by atoms with Crippen molar-refractivity contribution in [3.8, 4) is 5.75 Å². The second kappa shape index (κ2) is 8.66. The number of rotatable bonds is 7. The van der Waals surface area contributed by atoms with Gasteiger partial charge in [-0.1, -0.05) is 55.5 Å². The van der Waals surface area contributed by atoms with E-state index in [1.807, 2.05) is 49.4 Å². The molecule has 0 bridgehead atoms. The molecule has 0 saturated heterocycles. The number of amides is 1. The lowest BCUT2D eigenvalue weighted by Crippen LogP contribution is -2.38. The fourth-order valence-electron chi connectivity index (χ4n) is 3.20. The Labute approximate surface area is 171 Å². The summed E-state index contributed by atoms with van der Waals surface area (Å²) in [5.41, 5.74) is 0.852. The Morgan fingerprint density at radius 3 is 2.31 bits per heavy atom. The summed E-state index contributed by atoms with van der Waals surface area (Å²) >= 11 is 0. The van der Waals surface area contributed by atoms with Crippen molar-refractivity contribution in [2.24, 2.45) is 0 Å². The van der Waals surface area contributed by atoms with Crippen molar-refractivity contribution in [3.05, 3.63) is 72.3 Å². The molecule has 2 atom stereocenters. The first kappa shape index (κ1) is 20.9. The Balaban J connectivity index is 1.72. The van der Waals surface area contributed by atoms with E-state index in [9.17, 15) is 13.2 Å². The first-order valence-corrected chi connectivity index (χ1v) is 11.4. The van der Waals surface area contributed by atoms with Gasteiger partial charge in [-0.15, -0.1) is 0 Å². The number of carbonyl (C=O) groups is 1. The topological polar surface area (TPSA) is 72.5 Å². The minimum atomic E-state index is -3.25. The van der Waals surface area contributed by atoms with Crippen LogP contribution in [-0.4, -0.2) is 26.7 Å². The number of benzene rings is 3. The van der Waals surface area contributed by atoms with Crippen LogP contribution in [0, 0.1) is 0 Å². The predicted octanol–water partition coefficient (Wildman–Crippen LogP) is 4.28. The highest BCUT2D eigenvalue weighted by atomic mass is 32.2. The molecule has 0 heterocycles. The summed E-state index contributed by atoms with van der Waals surface area (Å²) in [7, 11) is -3.25. The lowest BCUT2D eigenvalue weighted by atomic mass is 10.0. The second-order valence-corrected chi connectivity index (χ2v) is 9.06. The van der Waals surface area contributed by atoms with E-state index in [2.05, 4.69) is 5.32 Å². The zero-order valence-electron chi connectivity index (χ0n) is 16.8. The third-order valence-electron chi connectivity index (χ3n) is 4.86. The highest BCUT2D eigenvalue weighted by molar-refractivity contribution is 7.90. The molecule has 0 aliphatic heterocycles. The monoisotopic (exact) mass is 411 g/mol. The standard InChI is InChI=1S/C23H25NO4S/c1-4-21(18-12-14-19(15-13-18)29(3,26)27)24-23(25)16(2)28-22-11-7-9-17-8-5-6-10-20(17)22/h5-16,21H,4H2,1-3H3,(H,24,25). The molecular formula is C23H25NO4S. The predicted molar refractivity (Wildman–Crippen MR) is 115 cm³/mol. The SMILES string of the molecule is CCC(NC(=O)C(C)Oc1cccc2ccccc12)c1ccc(S(C)(=O)=O)cc1. The maximum Gasteiger partial charge on any atom is 0.261 e. The molecule has 0 aromatic heterocycles. The number of fused-ring (bicyclic) bond motifs is 1. The first-order valence-electron chi connectivity index (χ1n) is 9.54. The van der Waals surface area contributed by atoms with E-state index in [1.54, 1.807) is 31.2 Å². The fourth-order valence-corrected chi connectivity index (χ4v) is 3.83. The molecule has 1 N–H and O–H groups in total. The van der Waals surface area contributed by atoms with Gasteiger partial charge in [0.05, 0.1) is 10.9 Å². The van der Waals surface area contributed by atoms with E-state index in [0.29, 0.717) is 12.2 Å². The van der Waals surface area contributed by atoms with Crippen molar-refractivity contribution in [3.63, 3.8) is 0 Å². The van der Waals surface area contributed by atoms with Crippen molar-refractivity contribution in [1.82, 2.24) is 5.32 Å². The molecule has 152 valence electrons. The largest absolute Gasteiger partial charge is 0.480 e. The molecule has 5 nitrogen and oxygen atoms in total. The van der Waals surface area contributed by atoms with Gasteiger partial charge in [-0.05, 0) is 42.5 Å². The van der Waals surface area contributed by atoms with Gasteiger partial charge in [0.1, 0.15) is 5.75 Å². The first-order chi connectivity index (χ1) is 13.8. The van der Waals surface area contributed by atoms with Gasteiger partial charge in [0.2, 0.25) is 0 Å². The van der Waals surface area contributed by atoms with E-state index >= 15 is 0 Å². The minimum Gasteiger partial charge on any atom is -0.480 e. The van der Waals surface area contributed by atoms with Crippen LogP contribution in [0.15, 0.2) is 71.6 Å². The molecule has 0 aliphatic rings. The van der Waals surface area contributed by atoms with E-state index < -0.39 is 15.9 Å². The smallest absolute Gasteiger partial charge is 0.261 e. The van der Waals surface area contributed by atoms with Crippen LogP contribution in [0.5, 0.6) is 5.75 Å². The van der Waals surface area contributed by atoms with Crippen molar-refractivity contribution in [1.29, 1.82) is 0 Å². The van der Waals surface area contributed by atoms with E-state index in [1.165, 1.54) is 6.26 Å². The second-order valence-electron chi connectivity index (χ2n) is 7.05. The van der Waals surface area contributed by atoms with Crippen LogP contribution < -0.4 is 10.1 Å². The summed E-state index contributed by atoms with van der Waals surface area (Å²) in [6.45, 7) is 3.68. The molecule has 3 aromatic carbocycles. The van der Waals surface area contributed by atoms with Crippen LogP contribution >= 0.6 is 0 Å². The molecule has 0 fully saturated rings.